The Labute approximate surface area is 277 Å². The maximum atomic E-state index is 12.7. The number of carbonyl (C=O) groups is 5. The molecular formula is C24H45GdN5O12+3. The van der Waals surface area contributed by atoms with E-state index in [0.717, 1.165) is 0 Å². The van der Waals surface area contributed by atoms with E-state index in [2.05, 4.69) is 0 Å². The second kappa shape index (κ2) is 25.9. The number of rotatable bonds is 26. The van der Waals surface area contributed by atoms with E-state index in [1.807, 2.05) is 0 Å². The van der Waals surface area contributed by atoms with Crippen molar-refractivity contribution in [2.45, 2.75) is 0 Å². The minimum Gasteiger partial charge on any atom is -0.480 e. The largest absolute Gasteiger partial charge is 3.00 e. The fourth-order valence-corrected chi connectivity index (χ4v) is 3.79. The van der Waals surface area contributed by atoms with Gasteiger partial charge in [0, 0.05) is 66.6 Å². The van der Waals surface area contributed by atoms with E-state index in [9.17, 15) is 49.5 Å². The third-order valence-electron chi connectivity index (χ3n) is 5.84. The summed E-state index contributed by atoms with van der Waals surface area (Å²) in [5.74, 6) is -4.43. The SMILES string of the molecule is COCCN(CCO)C(=O)CN(CCN(CCN(CC(=O)O)CC(=O)N(CCO)CCOC)CC(=O)O)CC(=O)O.[Gd+3]. The predicted molar refractivity (Wildman–Crippen MR) is 143 cm³/mol. The van der Waals surface area contributed by atoms with Gasteiger partial charge in [-0.3, -0.25) is 38.7 Å². The second-order valence-electron chi connectivity index (χ2n) is 9.07. The molecular weight excluding hydrogens is 708 g/mol. The molecule has 0 aromatic carbocycles. The van der Waals surface area contributed by atoms with Crippen molar-refractivity contribution in [3.63, 3.8) is 0 Å². The van der Waals surface area contributed by atoms with Gasteiger partial charge in [-0.25, -0.2) is 0 Å². The van der Waals surface area contributed by atoms with E-state index >= 15 is 0 Å². The zero-order chi connectivity index (χ0) is 31.2. The molecule has 0 atom stereocenters. The van der Waals surface area contributed by atoms with Gasteiger partial charge in [0.25, 0.3) is 0 Å². The molecule has 1 radical (unpaired) electrons. The summed E-state index contributed by atoms with van der Waals surface area (Å²) >= 11 is 0. The van der Waals surface area contributed by atoms with Crippen LogP contribution in [-0.2, 0) is 33.4 Å². The molecule has 0 aliphatic rings. The van der Waals surface area contributed by atoms with Crippen LogP contribution in [0.3, 0.4) is 0 Å². The van der Waals surface area contributed by atoms with Crippen LogP contribution in [0.1, 0.15) is 0 Å². The summed E-state index contributed by atoms with van der Waals surface area (Å²) < 4.78 is 9.93. The van der Waals surface area contributed by atoms with Crippen molar-refractivity contribution in [3.8, 4) is 0 Å². The van der Waals surface area contributed by atoms with Gasteiger partial charge in [-0.05, 0) is 0 Å². The molecule has 0 heterocycles. The van der Waals surface area contributed by atoms with Crippen molar-refractivity contribution in [2.75, 3.05) is 126 Å². The van der Waals surface area contributed by atoms with Crippen LogP contribution in [0.2, 0.25) is 0 Å². The molecule has 0 saturated carbocycles. The Morgan fingerprint density at radius 2 is 0.810 bits per heavy atom. The summed E-state index contributed by atoms with van der Waals surface area (Å²) in [6, 6.07) is 0. The third kappa shape index (κ3) is 21.1. The number of ether oxygens (including phenoxy) is 2. The summed E-state index contributed by atoms with van der Waals surface area (Å²) in [5.41, 5.74) is 0. The summed E-state index contributed by atoms with van der Waals surface area (Å²) in [6.07, 6.45) is 0. The quantitative estimate of drug-likeness (QED) is 0.0570. The minimum absolute atomic E-state index is 0. The van der Waals surface area contributed by atoms with Gasteiger partial charge in [0.05, 0.1) is 59.2 Å². The van der Waals surface area contributed by atoms with Crippen molar-refractivity contribution in [3.05, 3.63) is 0 Å². The Morgan fingerprint density at radius 1 is 0.500 bits per heavy atom. The predicted octanol–water partition coefficient (Wildman–Crippen LogP) is -3.92. The molecule has 0 spiro atoms. The maximum absolute atomic E-state index is 12.7. The molecule has 0 aromatic heterocycles. The number of carbonyl (C=O) groups excluding carboxylic acids is 2. The van der Waals surface area contributed by atoms with Crippen LogP contribution in [0.25, 0.3) is 0 Å². The Hall–Kier alpha value is -1.61. The van der Waals surface area contributed by atoms with Crippen molar-refractivity contribution >= 4 is 29.7 Å². The molecule has 0 aliphatic heterocycles. The molecule has 243 valence electrons. The Bertz CT molecular complexity index is 754. The minimum atomic E-state index is -1.19. The van der Waals surface area contributed by atoms with E-state index in [1.165, 1.54) is 38.7 Å². The van der Waals surface area contributed by atoms with Crippen LogP contribution in [0, 0.1) is 39.9 Å². The molecule has 0 rings (SSSR count). The normalized spacial score (nSPS) is 11.0. The molecule has 18 heteroatoms. The zero-order valence-corrected chi connectivity index (χ0v) is 26.5. The molecule has 0 fully saturated rings. The first kappa shape index (κ1) is 42.5. The number of aliphatic hydroxyl groups is 2. The smallest absolute Gasteiger partial charge is 0.480 e. The van der Waals surface area contributed by atoms with Gasteiger partial charge in [0.1, 0.15) is 0 Å². The first-order valence-electron chi connectivity index (χ1n) is 13.0. The molecule has 42 heavy (non-hydrogen) atoms. The van der Waals surface area contributed by atoms with Crippen LogP contribution in [0.15, 0.2) is 0 Å². The van der Waals surface area contributed by atoms with Gasteiger partial charge in [-0.1, -0.05) is 0 Å². The van der Waals surface area contributed by atoms with Gasteiger partial charge in [-0.15, -0.1) is 0 Å². The first-order chi connectivity index (χ1) is 19.5. The van der Waals surface area contributed by atoms with Crippen molar-refractivity contribution < 1.29 is 98.9 Å². The first-order valence-corrected chi connectivity index (χ1v) is 13.0. The van der Waals surface area contributed by atoms with Gasteiger partial charge >= 0.3 is 57.8 Å². The van der Waals surface area contributed by atoms with Gasteiger partial charge in [0.2, 0.25) is 11.8 Å². The topological polar surface area (TPSA) is 221 Å². The maximum Gasteiger partial charge on any atom is 3.00 e. The number of amides is 2. The molecule has 0 unspecified atom stereocenters. The van der Waals surface area contributed by atoms with E-state index in [0.29, 0.717) is 0 Å². The van der Waals surface area contributed by atoms with Crippen LogP contribution in [0.5, 0.6) is 0 Å². The second-order valence-corrected chi connectivity index (χ2v) is 9.07. The average molecular weight is 753 g/mol. The zero-order valence-electron chi connectivity index (χ0n) is 24.2. The van der Waals surface area contributed by atoms with E-state index in [1.54, 1.807) is 0 Å². The van der Waals surface area contributed by atoms with Crippen molar-refractivity contribution in [1.82, 2.24) is 24.5 Å². The number of aliphatic hydroxyl groups excluding tert-OH is 2. The summed E-state index contributed by atoms with van der Waals surface area (Å²) in [5, 5.41) is 46.5. The van der Waals surface area contributed by atoms with E-state index < -0.39 is 49.4 Å². The molecule has 0 aromatic rings. The van der Waals surface area contributed by atoms with E-state index in [4.69, 9.17) is 9.47 Å². The fraction of sp³-hybridized carbons (Fsp3) is 0.792. The molecule has 0 bridgehead atoms. The number of methoxy groups -OCH3 is 2. The summed E-state index contributed by atoms with van der Waals surface area (Å²) in [7, 11) is 2.91. The van der Waals surface area contributed by atoms with E-state index in [-0.39, 0.29) is 132 Å². The van der Waals surface area contributed by atoms with Crippen molar-refractivity contribution in [1.29, 1.82) is 0 Å². The monoisotopic (exact) mass is 753 g/mol. The van der Waals surface area contributed by atoms with Crippen LogP contribution in [-0.4, -0.2) is 205 Å². The number of hydrogen-bond acceptors (Lipinski definition) is 12. The Kier molecular flexibility index (Phi) is 26.2. The number of carboxylic acids is 3. The van der Waals surface area contributed by atoms with Crippen LogP contribution in [0.4, 0.5) is 0 Å². The van der Waals surface area contributed by atoms with Gasteiger partial charge < -0.3 is 44.8 Å². The molecule has 17 nitrogen and oxygen atoms in total. The number of aliphatic carboxylic acids is 3. The van der Waals surface area contributed by atoms with Gasteiger partial charge in [0.15, 0.2) is 0 Å². The Morgan fingerprint density at radius 3 is 1.10 bits per heavy atom. The number of nitrogens with zero attached hydrogens (tertiary/aromatic N) is 5. The summed E-state index contributed by atoms with van der Waals surface area (Å²) in [4.78, 5) is 66.6. The molecule has 0 aliphatic carbocycles. The third-order valence-corrected chi connectivity index (χ3v) is 5.84. The number of carboxylic acid groups (broad SMARTS) is 3. The standard InChI is InChI=1S/C24H45N5O12.Gd/c1-40-13-9-28(7-11-30)20(32)15-26(18-23(36)37)5-3-25(17-22(34)35)4-6-27(19-24(38)39)16-21(33)29(8-12-31)10-14-41-2;/h30-31H,3-19H2,1-2H3,(H,34,35)(H,36,37)(H,38,39);/q;+3. The Balaban J connectivity index is 0. The number of hydrogen-bond donors (Lipinski definition) is 5. The van der Waals surface area contributed by atoms with Gasteiger partial charge in [-0.2, -0.15) is 0 Å². The molecule has 2 amide bonds. The average Bonchev–Trinajstić information content (AvgIpc) is 2.89. The molecule has 0 saturated heterocycles. The molecule has 5 N–H and O–H groups in total. The van der Waals surface area contributed by atoms with Crippen LogP contribution >= 0.6 is 0 Å². The van der Waals surface area contributed by atoms with Crippen LogP contribution < -0.4 is 0 Å². The van der Waals surface area contributed by atoms with Crippen molar-refractivity contribution in [2.24, 2.45) is 0 Å². The fourth-order valence-electron chi connectivity index (χ4n) is 3.79. The summed E-state index contributed by atoms with van der Waals surface area (Å²) in [6.45, 7) is -1.64.